The number of ether oxygens (including phenoxy) is 2. The van der Waals surface area contributed by atoms with E-state index < -0.39 is 0 Å². The highest BCUT2D eigenvalue weighted by Gasteiger charge is 2.12. The van der Waals surface area contributed by atoms with Crippen molar-refractivity contribution < 1.29 is 9.47 Å². The van der Waals surface area contributed by atoms with Crippen LogP contribution in [0.15, 0.2) is 30.3 Å². The van der Waals surface area contributed by atoms with E-state index >= 15 is 0 Å². The van der Waals surface area contributed by atoms with Crippen molar-refractivity contribution in [2.75, 3.05) is 13.2 Å². The molecule has 0 aliphatic rings. The summed E-state index contributed by atoms with van der Waals surface area (Å²) in [5.74, 6) is 1.57. The molecule has 0 bridgehead atoms. The van der Waals surface area contributed by atoms with Crippen molar-refractivity contribution in [1.82, 2.24) is 0 Å². The van der Waals surface area contributed by atoms with Gasteiger partial charge in [0, 0.05) is 0 Å². The van der Waals surface area contributed by atoms with Gasteiger partial charge in [-0.25, -0.2) is 0 Å². The number of hydrogen-bond donors (Lipinski definition) is 0. The summed E-state index contributed by atoms with van der Waals surface area (Å²) in [6.07, 6.45) is 1.92. The molecule has 2 rings (SSSR count). The fourth-order valence-electron chi connectivity index (χ4n) is 1.97. The standard InChI is InChI=1S/C16H19ClO2/c1-3-10-18-14-7-5-6-12-8-9-13(17)16(15(12)14)19-11-4-2/h5-9H,3-4,10-11H2,1-2H3. The predicted molar refractivity (Wildman–Crippen MR) is 80.5 cm³/mol. The summed E-state index contributed by atoms with van der Waals surface area (Å²) in [7, 11) is 0. The molecule has 102 valence electrons. The van der Waals surface area contributed by atoms with Gasteiger partial charge in [-0.3, -0.25) is 0 Å². The van der Waals surface area contributed by atoms with E-state index in [1.165, 1.54) is 0 Å². The molecule has 0 saturated heterocycles. The van der Waals surface area contributed by atoms with Gasteiger partial charge in [-0.2, -0.15) is 0 Å². The van der Waals surface area contributed by atoms with Crippen molar-refractivity contribution in [1.29, 1.82) is 0 Å². The lowest BCUT2D eigenvalue weighted by molar-refractivity contribution is 0.310. The summed E-state index contributed by atoms with van der Waals surface area (Å²) in [4.78, 5) is 0. The molecule has 0 N–H and O–H groups in total. The third-order valence-electron chi connectivity index (χ3n) is 2.82. The van der Waals surface area contributed by atoms with Crippen molar-refractivity contribution in [3.63, 3.8) is 0 Å². The van der Waals surface area contributed by atoms with E-state index in [2.05, 4.69) is 13.8 Å². The van der Waals surface area contributed by atoms with Gasteiger partial charge in [-0.1, -0.05) is 43.6 Å². The zero-order valence-electron chi connectivity index (χ0n) is 11.4. The molecule has 0 spiro atoms. The maximum atomic E-state index is 6.26. The van der Waals surface area contributed by atoms with E-state index in [0.29, 0.717) is 18.2 Å². The van der Waals surface area contributed by atoms with E-state index in [-0.39, 0.29) is 0 Å². The zero-order valence-corrected chi connectivity index (χ0v) is 12.2. The first kappa shape index (κ1) is 14.0. The van der Waals surface area contributed by atoms with Gasteiger partial charge in [-0.15, -0.1) is 0 Å². The van der Waals surface area contributed by atoms with Gasteiger partial charge in [0.15, 0.2) is 0 Å². The lowest BCUT2D eigenvalue weighted by Gasteiger charge is -2.14. The van der Waals surface area contributed by atoms with Crippen LogP contribution in [0.25, 0.3) is 10.8 Å². The first-order valence-electron chi connectivity index (χ1n) is 6.74. The van der Waals surface area contributed by atoms with E-state index in [4.69, 9.17) is 21.1 Å². The largest absolute Gasteiger partial charge is 0.493 e. The van der Waals surface area contributed by atoms with Crippen LogP contribution >= 0.6 is 11.6 Å². The SMILES string of the molecule is CCCOc1cccc2ccc(Cl)c(OCCC)c12. The number of fused-ring (bicyclic) bond motifs is 1. The van der Waals surface area contributed by atoms with Crippen LogP contribution < -0.4 is 9.47 Å². The molecule has 0 heterocycles. The Balaban J connectivity index is 2.52. The zero-order chi connectivity index (χ0) is 13.7. The fraction of sp³-hybridized carbons (Fsp3) is 0.375. The molecular formula is C16H19ClO2. The van der Waals surface area contributed by atoms with Gasteiger partial charge >= 0.3 is 0 Å². The van der Waals surface area contributed by atoms with Crippen LogP contribution in [-0.2, 0) is 0 Å². The van der Waals surface area contributed by atoms with Crippen LogP contribution in [0.5, 0.6) is 11.5 Å². The van der Waals surface area contributed by atoms with Gasteiger partial charge < -0.3 is 9.47 Å². The van der Waals surface area contributed by atoms with Crippen LogP contribution in [0.1, 0.15) is 26.7 Å². The van der Waals surface area contributed by atoms with E-state index in [0.717, 1.165) is 35.1 Å². The Labute approximate surface area is 119 Å². The van der Waals surface area contributed by atoms with Crippen molar-refractivity contribution in [3.05, 3.63) is 35.4 Å². The summed E-state index contributed by atoms with van der Waals surface area (Å²) in [6.45, 7) is 5.51. The smallest absolute Gasteiger partial charge is 0.149 e. The van der Waals surface area contributed by atoms with Crippen LogP contribution in [0.4, 0.5) is 0 Å². The Morgan fingerprint density at radius 3 is 2.42 bits per heavy atom. The molecule has 3 heteroatoms. The molecule has 0 atom stereocenters. The minimum absolute atomic E-state index is 0.633. The molecule has 2 nitrogen and oxygen atoms in total. The first-order chi connectivity index (χ1) is 9.27. The molecule has 0 aromatic heterocycles. The van der Waals surface area contributed by atoms with Gasteiger partial charge in [0.05, 0.1) is 23.6 Å². The summed E-state index contributed by atoms with van der Waals surface area (Å²) in [5, 5.41) is 2.69. The summed E-state index contributed by atoms with van der Waals surface area (Å²) in [5.41, 5.74) is 0. The average molecular weight is 279 g/mol. The Bertz CT molecular complexity index is 552. The van der Waals surface area contributed by atoms with Crippen LogP contribution in [-0.4, -0.2) is 13.2 Å². The molecule has 0 saturated carbocycles. The normalized spacial score (nSPS) is 10.7. The maximum Gasteiger partial charge on any atom is 0.149 e. The van der Waals surface area contributed by atoms with E-state index in [1.807, 2.05) is 30.3 Å². The highest BCUT2D eigenvalue weighted by atomic mass is 35.5. The topological polar surface area (TPSA) is 18.5 Å². The molecule has 0 unspecified atom stereocenters. The number of rotatable bonds is 6. The van der Waals surface area contributed by atoms with Crippen LogP contribution in [0.2, 0.25) is 5.02 Å². The monoisotopic (exact) mass is 278 g/mol. The Morgan fingerprint density at radius 1 is 0.947 bits per heavy atom. The van der Waals surface area contributed by atoms with Gasteiger partial charge in [0.2, 0.25) is 0 Å². The van der Waals surface area contributed by atoms with E-state index in [1.54, 1.807) is 0 Å². The second-order valence-corrected chi connectivity index (χ2v) is 4.83. The van der Waals surface area contributed by atoms with Crippen molar-refractivity contribution in [3.8, 4) is 11.5 Å². The van der Waals surface area contributed by atoms with Crippen LogP contribution in [0.3, 0.4) is 0 Å². The van der Waals surface area contributed by atoms with Gasteiger partial charge in [0.25, 0.3) is 0 Å². The average Bonchev–Trinajstić information content (AvgIpc) is 2.44. The molecule has 0 fully saturated rings. The third-order valence-corrected chi connectivity index (χ3v) is 3.12. The summed E-state index contributed by atoms with van der Waals surface area (Å²) in [6, 6.07) is 9.87. The molecule has 2 aromatic carbocycles. The molecule has 0 aliphatic heterocycles. The minimum atomic E-state index is 0.633. The number of benzene rings is 2. The predicted octanol–water partition coefficient (Wildman–Crippen LogP) is 5.07. The highest BCUT2D eigenvalue weighted by Crippen LogP contribution is 2.39. The Hall–Kier alpha value is -1.41. The van der Waals surface area contributed by atoms with Crippen molar-refractivity contribution in [2.24, 2.45) is 0 Å². The second kappa shape index (κ2) is 6.67. The lowest BCUT2D eigenvalue weighted by Crippen LogP contribution is -2.00. The highest BCUT2D eigenvalue weighted by molar-refractivity contribution is 6.33. The molecule has 0 amide bonds. The molecule has 0 aliphatic carbocycles. The first-order valence-corrected chi connectivity index (χ1v) is 7.12. The number of hydrogen-bond acceptors (Lipinski definition) is 2. The maximum absolute atomic E-state index is 6.26. The molecular weight excluding hydrogens is 260 g/mol. The molecule has 2 aromatic rings. The van der Waals surface area contributed by atoms with Gasteiger partial charge in [0.1, 0.15) is 11.5 Å². The number of halogens is 1. The quantitative estimate of drug-likeness (QED) is 0.734. The third kappa shape index (κ3) is 3.13. The molecule has 19 heavy (non-hydrogen) atoms. The Kier molecular flexibility index (Phi) is 4.92. The minimum Gasteiger partial charge on any atom is -0.493 e. The summed E-state index contributed by atoms with van der Waals surface area (Å²) >= 11 is 6.26. The van der Waals surface area contributed by atoms with E-state index in [9.17, 15) is 0 Å². The summed E-state index contributed by atoms with van der Waals surface area (Å²) < 4.78 is 11.6. The second-order valence-electron chi connectivity index (χ2n) is 4.43. The Morgan fingerprint density at radius 2 is 1.68 bits per heavy atom. The van der Waals surface area contributed by atoms with Gasteiger partial charge in [-0.05, 0) is 30.4 Å². The molecule has 0 radical (unpaired) electrons. The van der Waals surface area contributed by atoms with Crippen LogP contribution in [0, 0.1) is 0 Å². The van der Waals surface area contributed by atoms with Crippen molar-refractivity contribution in [2.45, 2.75) is 26.7 Å². The fourth-order valence-corrected chi connectivity index (χ4v) is 2.18. The lowest BCUT2D eigenvalue weighted by atomic mass is 10.1. The van der Waals surface area contributed by atoms with Crippen molar-refractivity contribution >= 4 is 22.4 Å².